The molecule has 0 atom stereocenters. The minimum Gasteiger partial charge on any atom is -0.492 e. The van der Waals surface area contributed by atoms with E-state index in [-0.39, 0.29) is 0 Å². The summed E-state index contributed by atoms with van der Waals surface area (Å²) in [5.74, 6) is 0.739. The summed E-state index contributed by atoms with van der Waals surface area (Å²) in [6.07, 6.45) is 0. The third kappa shape index (κ3) is 3.14. The smallest absolute Gasteiger partial charge is 0.144 e. The van der Waals surface area contributed by atoms with E-state index >= 15 is 0 Å². The van der Waals surface area contributed by atoms with Gasteiger partial charge in [0.05, 0.1) is 12.3 Å². The highest BCUT2D eigenvalue weighted by molar-refractivity contribution is 7.07. The zero-order valence-corrected chi connectivity index (χ0v) is 10.6. The molecule has 2 aromatic rings. The molecule has 0 amide bonds. The van der Waals surface area contributed by atoms with E-state index < -0.39 is 0 Å². The van der Waals surface area contributed by atoms with Gasteiger partial charge in [0.1, 0.15) is 5.75 Å². The minimum atomic E-state index is 0.623. The summed E-state index contributed by atoms with van der Waals surface area (Å²) in [5, 5.41) is 7.55. The second-order valence-corrected chi connectivity index (χ2v) is 4.45. The first kappa shape index (κ1) is 11.8. The number of benzene rings is 1. The van der Waals surface area contributed by atoms with Crippen LogP contribution in [0.15, 0.2) is 35.0 Å². The number of rotatable bonds is 5. The van der Waals surface area contributed by atoms with Gasteiger partial charge in [-0.05, 0) is 41.4 Å². The Morgan fingerprint density at radius 1 is 1.35 bits per heavy atom. The molecule has 0 aliphatic heterocycles. The van der Waals surface area contributed by atoms with Crippen LogP contribution in [0.1, 0.15) is 12.5 Å². The molecule has 0 saturated carbocycles. The quantitative estimate of drug-likeness (QED) is 0.798. The van der Waals surface area contributed by atoms with Crippen molar-refractivity contribution in [3.63, 3.8) is 0 Å². The van der Waals surface area contributed by atoms with E-state index in [0.29, 0.717) is 12.3 Å². The molecular weight excluding hydrogens is 232 g/mol. The standard InChI is InChI=1S/C13H16N2OS/c1-2-16-13-7-11(3-4-12(13)14)15-8-10-5-6-17-9-10/h3-7,9,15H,2,8,14H2,1H3. The predicted octanol–water partition coefficient (Wildman–Crippen LogP) is 3.34. The lowest BCUT2D eigenvalue weighted by atomic mass is 10.2. The van der Waals surface area contributed by atoms with Crippen LogP contribution in [-0.2, 0) is 6.54 Å². The number of nitrogens with one attached hydrogen (secondary N) is 1. The van der Waals surface area contributed by atoms with Crippen molar-refractivity contribution in [2.75, 3.05) is 17.7 Å². The van der Waals surface area contributed by atoms with Gasteiger partial charge in [-0.2, -0.15) is 11.3 Å². The zero-order chi connectivity index (χ0) is 12.1. The lowest BCUT2D eigenvalue weighted by Crippen LogP contribution is -2.01. The van der Waals surface area contributed by atoms with Gasteiger partial charge < -0.3 is 15.8 Å². The molecule has 0 saturated heterocycles. The van der Waals surface area contributed by atoms with E-state index in [2.05, 4.69) is 22.1 Å². The van der Waals surface area contributed by atoms with Crippen LogP contribution in [0.5, 0.6) is 5.75 Å². The topological polar surface area (TPSA) is 47.3 Å². The average molecular weight is 248 g/mol. The Kier molecular flexibility index (Phi) is 3.88. The highest BCUT2D eigenvalue weighted by Gasteiger charge is 2.01. The van der Waals surface area contributed by atoms with Crippen LogP contribution in [0.4, 0.5) is 11.4 Å². The molecule has 0 fully saturated rings. The minimum absolute atomic E-state index is 0.623. The van der Waals surface area contributed by atoms with E-state index in [0.717, 1.165) is 18.0 Å². The highest BCUT2D eigenvalue weighted by atomic mass is 32.1. The molecule has 2 rings (SSSR count). The van der Waals surface area contributed by atoms with Gasteiger partial charge in [-0.3, -0.25) is 0 Å². The maximum atomic E-state index is 5.82. The number of anilines is 2. The van der Waals surface area contributed by atoms with Crippen molar-refractivity contribution in [2.24, 2.45) is 0 Å². The molecule has 0 unspecified atom stereocenters. The number of ether oxygens (including phenoxy) is 1. The first-order chi connectivity index (χ1) is 8.29. The molecule has 3 nitrogen and oxygen atoms in total. The monoisotopic (exact) mass is 248 g/mol. The predicted molar refractivity (Wildman–Crippen MR) is 73.7 cm³/mol. The molecular formula is C13H16N2OS. The van der Waals surface area contributed by atoms with Crippen LogP contribution in [0.3, 0.4) is 0 Å². The summed E-state index contributed by atoms with van der Waals surface area (Å²) >= 11 is 1.70. The van der Waals surface area contributed by atoms with Gasteiger partial charge in [-0.1, -0.05) is 0 Å². The third-order valence-electron chi connectivity index (χ3n) is 2.39. The highest BCUT2D eigenvalue weighted by Crippen LogP contribution is 2.25. The number of hydrogen-bond donors (Lipinski definition) is 2. The number of nitrogens with two attached hydrogens (primary N) is 1. The zero-order valence-electron chi connectivity index (χ0n) is 9.77. The van der Waals surface area contributed by atoms with E-state index in [4.69, 9.17) is 10.5 Å². The van der Waals surface area contributed by atoms with Crippen molar-refractivity contribution in [2.45, 2.75) is 13.5 Å². The Morgan fingerprint density at radius 3 is 2.94 bits per heavy atom. The summed E-state index contributed by atoms with van der Waals surface area (Å²) in [4.78, 5) is 0. The Labute approximate surface area is 105 Å². The Bertz CT molecular complexity index is 468. The van der Waals surface area contributed by atoms with Crippen molar-refractivity contribution in [1.82, 2.24) is 0 Å². The number of thiophene rings is 1. The molecule has 3 N–H and O–H groups in total. The molecule has 0 spiro atoms. The third-order valence-corrected chi connectivity index (χ3v) is 3.12. The first-order valence-electron chi connectivity index (χ1n) is 5.57. The normalized spacial score (nSPS) is 10.2. The summed E-state index contributed by atoms with van der Waals surface area (Å²) in [5.41, 5.74) is 8.79. The Balaban J connectivity index is 2.03. The molecule has 0 bridgehead atoms. The van der Waals surface area contributed by atoms with E-state index in [1.54, 1.807) is 11.3 Å². The SMILES string of the molecule is CCOc1cc(NCc2ccsc2)ccc1N. The fourth-order valence-corrected chi connectivity index (χ4v) is 2.19. The van der Waals surface area contributed by atoms with Crippen LogP contribution < -0.4 is 15.8 Å². The summed E-state index contributed by atoms with van der Waals surface area (Å²) < 4.78 is 5.45. The van der Waals surface area contributed by atoms with Crippen LogP contribution >= 0.6 is 11.3 Å². The van der Waals surface area contributed by atoms with Gasteiger partial charge in [0.25, 0.3) is 0 Å². The second kappa shape index (κ2) is 5.59. The van der Waals surface area contributed by atoms with Crippen molar-refractivity contribution < 1.29 is 4.74 Å². The van der Waals surface area contributed by atoms with Crippen LogP contribution in [-0.4, -0.2) is 6.61 Å². The fourth-order valence-electron chi connectivity index (χ4n) is 1.52. The number of hydrogen-bond acceptors (Lipinski definition) is 4. The van der Waals surface area contributed by atoms with Gasteiger partial charge in [0.2, 0.25) is 0 Å². The van der Waals surface area contributed by atoms with E-state index in [1.165, 1.54) is 5.56 Å². The van der Waals surface area contributed by atoms with Gasteiger partial charge in [-0.25, -0.2) is 0 Å². The Morgan fingerprint density at radius 2 is 2.24 bits per heavy atom. The molecule has 0 aliphatic rings. The summed E-state index contributed by atoms with van der Waals surface area (Å²) in [7, 11) is 0. The lowest BCUT2D eigenvalue weighted by molar-refractivity contribution is 0.342. The fraction of sp³-hybridized carbons (Fsp3) is 0.231. The lowest BCUT2D eigenvalue weighted by Gasteiger charge is -2.10. The van der Waals surface area contributed by atoms with Crippen molar-refractivity contribution in [3.8, 4) is 5.75 Å². The van der Waals surface area contributed by atoms with Gasteiger partial charge in [0.15, 0.2) is 0 Å². The Hall–Kier alpha value is -1.68. The first-order valence-corrected chi connectivity index (χ1v) is 6.51. The molecule has 90 valence electrons. The van der Waals surface area contributed by atoms with Gasteiger partial charge in [0, 0.05) is 18.3 Å². The molecule has 4 heteroatoms. The van der Waals surface area contributed by atoms with Gasteiger partial charge >= 0.3 is 0 Å². The molecule has 17 heavy (non-hydrogen) atoms. The van der Waals surface area contributed by atoms with Crippen LogP contribution in [0, 0.1) is 0 Å². The van der Waals surface area contributed by atoms with Crippen molar-refractivity contribution in [1.29, 1.82) is 0 Å². The second-order valence-electron chi connectivity index (χ2n) is 3.67. The molecule has 0 aliphatic carbocycles. The maximum Gasteiger partial charge on any atom is 0.144 e. The number of nitrogen functional groups attached to an aromatic ring is 1. The largest absolute Gasteiger partial charge is 0.492 e. The van der Waals surface area contributed by atoms with E-state index in [9.17, 15) is 0 Å². The van der Waals surface area contributed by atoms with Crippen molar-refractivity contribution in [3.05, 3.63) is 40.6 Å². The molecule has 1 heterocycles. The summed E-state index contributed by atoms with van der Waals surface area (Å²) in [6.45, 7) is 3.39. The molecule has 1 aromatic heterocycles. The molecule has 0 radical (unpaired) electrons. The van der Waals surface area contributed by atoms with Crippen LogP contribution in [0.2, 0.25) is 0 Å². The van der Waals surface area contributed by atoms with E-state index in [1.807, 2.05) is 25.1 Å². The van der Waals surface area contributed by atoms with Crippen LogP contribution in [0.25, 0.3) is 0 Å². The average Bonchev–Trinajstić information content (AvgIpc) is 2.83. The van der Waals surface area contributed by atoms with Crippen molar-refractivity contribution >= 4 is 22.7 Å². The summed E-state index contributed by atoms with van der Waals surface area (Å²) in [6, 6.07) is 7.87. The van der Waals surface area contributed by atoms with Gasteiger partial charge in [-0.15, -0.1) is 0 Å². The molecule has 1 aromatic carbocycles. The maximum absolute atomic E-state index is 5.82.